The molecule has 146 valence electrons. The third kappa shape index (κ3) is 4.80. The summed E-state index contributed by atoms with van der Waals surface area (Å²) in [5.41, 5.74) is 2.15. The molecule has 2 amide bonds. The SMILES string of the molecule is O=C(Nc1ccc(C(=O)NCc2cccc(Cn3ccnc3)c2)s1)c1ccco1. The average Bonchev–Trinajstić information content (AvgIpc) is 3.48. The molecule has 0 aliphatic heterocycles. The summed E-state index contributed by atoms with van der Waals surface area (Å²) in [7, 11) is 0. The van der Waals surface area contributed by atoms with E-state index < -0.39 is 0 Å². The van der Waals surface area contributed by atoms with Crippen molar-refractivity contribution in [1.29, 1.82) is 0 Å². The molecule has 8 heteroatoms. The Kier molecular flexibility index (Phi) is 5.53. The van der Waals surface area contributed by atoms with Gasteiger partial charge in [-0.15, -0.1) is 11.3 Å². The predicted octanol–water partition coefficient (Wildman–Crippen LogP) is 3.77. The van der Waals surface area contributed by atoms with Gasteiger partial charge in [-0.3, -0.25) is 9.59 Å². The van der Waals surface area contributed by atoms with Gasteiger partial charge < -0.3 is 19.6 Å². The second kappa shape index (κ2) is 8.57. The number of nitrogens with zero attached hydrogens (tertiary/aromatic N) is 2. The van der Waals surface area contributed by atoms with Crippen molar-refractivity contribution in [3.8, 4) is 0 Å². The van der Waals surface area contributed by atoms with E-state index in [1.54, 1.807) is 36.8 Å². The Morgan fingerprint density at radius 1 is 1.07 bits per heavy atom. The minimum Gasteiger partial charge on any atom is -0.459 e. The van der Waals surface area contributed by atoms with Gasteiger partial charge in [0.1, 0.15) is 0 Å². The van der Waals surface area contributed by atoms with Gasteiger partial charge in [-0.1, -0.05) is 24.3 Å². The van der Waals surface area contributed by atoms with Crippen LogP contribution in [0.3, 0.4) is 0 Å². The zero-order valence-corrected chi connectivity index (χ0v) is 16.2. The largest absolute Gasteiger partial charge is 0.459 e. The van der Waals surface area contributed by atoms with Gasteiger partial charge in [-0.25, -0.2) is 4.98 Å². The van der Waals surface area contributed by atoms with Gasteiger partial charge in [-0.2, -0.15) is 0 Å². The Hall–Kier alpha value is -3.65. The summed E-state index contributed by atoms with van der Waals surface area (Å²) in [5.74, 6) is -0.313. The molecule has 0 radical (unpaired) electrons. The summed E-state index contributed by atoms with van der Waals surface area (Å²) >= 11 is 1.21. The molecule has 0 aliphatic carbocycles. The van der Waals surface area contributed by atoms with Gasteiger partial charge in [0, 0.05) is 25.5 Å². The monoisotopic (exact) mass is 406 g/mol. The highest BCUT2D eigenvalue weighted by Crippen LogP contribution is 2.22. The number of furan rings is 1. The first-order valence-corrected chi connectivity index (χ1v) is 9.75. The fraction of sp³-hybridized carbons (Fsp3) is 0.0952. The Labute approximate surface area is 171 Å². The maximum Gasteiger partial charge on any atom is 0.291 e. The van der Waals surface area contributed by atoms with E-state index in [4.69, 9.17) is 4.42 Å². The molecule has 2 N–H and O–H groups in total. The number of hydrogen-bond donors (Lipinski definition) is 2. The molecular weight excluding hydrogens is 388 g/mol. The van der Waals surface area contributed by atoms with Crippen molar-refractivity contribution in [3.63, 3.8) is 0 Å². The molecule has 0 fully saturated rings. The van der Waals surface area contributed by atoms with E-state index >= 15 is 0 Å². The molecule has 0 atom stereocenters. The first-order valence-electron chi connectivity index (χ1n) is 8.94. The quantitative estimate of drug-likeness (QED) is 0.489. The maximum absolute atomic E-state index is 12.4. The van der Waals surface area contributed by atoms with Crippen molar-refractivity contribution in [2.45, 2.75) is 13.1 Å². The molecule has 1 aromatic carbocycles. The number of anilines is 1. The minimum atomic E-state index is -0.349. The lowest BCUT2D eigenvalue weighted by atomic mass is 10.1. The third-order valence-electron chi connectivity index (χ3n) is 4.18. The number of hydrogen-bond acceptors (Lipinski definition) is 5. The number of nitrogens with one attached hydrogen (secondary N) is 2. The molecule has 0 unspecified atom stereocenters. The first kappa shape index (κ1) is 18.7. The molecule has 7 nitrogen and oxygen atoms in total. The summed E-state index contributed by atoms with van der Waals surface area (Å²) in [6.07, 6.45) is 6.87. The number of carbonyl (C=O) groups excluding carboxylic acids is 2. The fourth-order valence-electron chi connectivity index (χ4n) is 2.81. The first-order chi connectivity index (χ1) is 14.2. The number of amides is 2. The van der Waals surface area contributed by atoms with Crippen molar-refractivity contribution in [3.05, 3.63) is 95.3 Å². The van der Waals surface area contributed by atoms with Gasteiger partial charge in [0.15, 0.2) is 5.76 Å². The van der Waals surface area contributed by atoms with Crippen LogP contribution in [0.15, 0.2) is 77.9 Å². The number of aromatic nitrogens is 2. The van der Waals surface area contributed by atoms with E-state index in [9.17, 15) is 9.59 Å². The summed E-state index contributed by atoms with van der Waals surface area (Å²) in [5, 5.41) is 6.22. The molecule has 3 aromatic heterocycles. The number of thiophene rings is 1. The molecule has 0 spiro atoms. The molecule has 0 bridgehead atoms. The van der Waals surface area contributed by atoms with E-state index in [0.717, 1.165) is 17.7 Å². The van der Waals surface area contributed by atoms with Crippen LogP contribution in [0.4, 0.5) is 5.00 Å². The molecule has 0 saturated heterocycles. The third-order valence-corrected chi connectivity index (χ3v) is 5.18. The Bertz CT molecular complexity index is 1100. The van der Waals surface area contributed by atoms with Crippen LogP contribution >= 0.6 is 11.3 Å². The Morgan fingerprint density at radius 3 is 2.76 bits per heavy atom. The predicted molar refractivity (Wildman–Crippen MR) is 110 cm³/mol. The normalized spacial score (nSPS) is 10.6. The smallest absolute Gasteiger partial charge is 0.291 e. The van der Waals surface area contributed by atoms with Crippen LogP contribution in [0.1, 0.15) is 31.4 Å². The Morgan fingerprint density at radius 2 is 1.97 bits per heavy atom. The number of rotatable bonds is 7. The van der Waals surface area contributed by atoms with E-state index in [0.29, 0.717) is 16.4 Å². The molecule has 4 rings (SSSR count). The van der Waals surface area contributed by atoms with Crippen molar-refractivity contribution in [1.82, 2.24) is 14.9 Å². The van der Waals surface area contributed by atoms with Crippen molar-refractivity contribution < 1.29 is 14.0 Å². The van der Waals surface area contributed by atoms with Gasteiger partial charge in [0.25, 0.3) is 11.8 Å². The van der Waals surface area contributed by atoms with Crippen LogP contribution < -0.4 is 10.6 Å². The summed E-state index contributed by atoms with van der Waals surface area (Å²) < 4.78 is 7.05. The highest BCUT2D eigenvalue weighted by molar-refractivity contribution is 7.18. The van der Waals surface area contributed by atoms with E-state index in [2.05, 4.69) is 21.7 Å². The number of carbonyl (C=O) groups is 2. The zero-order valence-electron chi connectivity index (χ0n) is 15.4. The van der Waals surface area contributed by atoms with Gasteiger partial charge in [0.05, 0.1) is 22.5 Å². The van der Waals surface area contributed by atoms with Crippen molar-refractivity contribution in [2.24, 2.45) is 0 Å². The number of benzene rings is 1. The van der Waals surface area contributed by atoms with E-state index in [1.165, 1.54) is 17.6 Å². The maximum atomic E-state index is 12.4. The molecule has 0 aliphatic rings. The topological polar surface area (TPSA) is 89.2 Å². The summed E-state index contributed by atoms with van der Waals surface area (Å²) in [6.45, 7) is 1.15. The summed E-state index contributed by atoms with van der Waals surface area (Å²) in [4.78, 5) is 29.0. The van der Waals surface area contributed by atoms with E-state index in [1.807, 2.05) is 29.0 Å². The summed E-state index contributed by atoms with van der Waals surface area (Å²) in [6, 6.07) is 14.7. The van der Waals surface area contributed by atoms with Gasteiger partial charge in [-0.05, 0) is 35.4 Å². The van der Waals surface area contributed by atoms with Crippen molar-refractivity contribution >= 4 is 28.2 Å². The second-order valence-electron chi connectivity index (χ2n) is 6.33. The lowest BCUT2D eigenvalue weighted by Gasteiger charge is -2.07. The number of imidazole rings is 1. The standard InChI is InChI=1S/C21H18N4O3S/c26-20(17-5-2-10-28-17)24-19-7-6-18(29-19)21(27)23-12-15-3-1-4-16(11-15)13-25-9-8-22-14-25/h1-11,14H,12-13H2,(H,23,27)(H,24,26). The molecule has 29 heavy (non-hydrogen) atoms. The highest BCUT2D eigenvalue weighted by atomic mass is 32.1. The van der Waals surface area contributed by atoms with Crippen LogP contribution in [0.2, 0.25) is 0 Å². The molecular formula is C21H18N4O3S. The van der Waals surface area contributed by atoms with Crippen molar-refractivity contribution in [2.75, 3.05) is 5.32 Å². The van der Waals surface area contributed by atoms with Crippen LogP contribution in [0.25, 0.3) is 0 Å². The zero-order chi connectivity index (χ0) is 20.1. The van der Waals surface area contributed by atoms with Crippen LogP contribution in [-0.4, -0.2) is 21.4 Å². The average molecular weight is 406 g/mol. The molecule has 3 heterocycles. The van der Waals surface area contributed by atoms with Crippen LogP contribution in [0.5, 0.6) is 0 Å². The van der Waals surface area contributed by atoms with E-state index in [-0.39, 0.29) is 17.6 Å². The van der Waals surface area contributed by atoms with Gasteiger partial charge in [0.2, 0.25) is 0 Å². The second-order valence-corrected chi connectivity index (χ2v) is 7.42. The van der Waals surface area contributed by atoms with Crippen LogP contribution in [-0.2, 0) is 13.1 Å². The lowest BCUT2D eigenvalue weighted by Crippen LogP contribution is -2.21. The molecule has 4 aromatic rings. The lowest BCUT2D eigenvalue weighted by molar-refractivity contribution is 0.0953. The van der Waals surface area contributed by atoms with Crippen LogP contribution in [0, 0.1) is 0 Å². The minimum absolute atomic E-state index is 0.187. The highest BCUT2D eigenvalue weighted by Gasteiger charge is 2.13. The van der Waals surface area contributed by atoms with Gasteiger partial charge >= 0.3 is 0 Å². The fourth-order valence-corrected chi connectivity index (χ4v) is 3.62. The molecule has 0 saturated carbocycles. The Balaban J connectivity index is 1.33.